The number of hydrogen-bond acceptors (Lipinski definition) is 10. The fourth-order valence-electron chi connectivity index (χ4n) is 4.26. The van der Waals surface area contributed by atoms with E-state index in [-0.39, 0.29) is 25.4 Å². The minimum atomic E-state index is -2.19. The summed E-state index contributed by atoms with van der Waals surface area (Å²) in [4.78, 5) is 13.3. The van der Waals surface area contributed by atoms with Gasteiger partial charge in [0.2, 0.25) is 12.2 Å². The standard InChI is InChI=1S/C31H32Cl3NO9/c1-37-22-10-4-19(5-11-22)16-40-25-18-42-29(44-30(35)31(32,33)34)27(43-28(36)21-8-14-24(39-3)15-9-21)26(25)41-17-20-6-12-23(38-2)13-7-20/h4-15,25-27,29,35H,16-18H2,1-3H3/t25-,26+,27-,29+/m1/s1. The Balaban J connectivity index is 1.62. The highest BCUT2D eigenvalue weighted by atomic mass is 35.6. The van der Waals surface area contributed by atoms with Crippen LogP contribution in [0.15, 0.2) is 72.8 Å². The first kappa shape index (κ1) is 33.6. The molecule has 4 rings (SSSR count). The van der Waals surface area contributed by atoms with E-state index in [1.807, 2.05) is 36.4 Å². The molecule has 1 aliphatic heterocycles. The molecule has 1 fully saturated rings. The number of methoxy groups -OCH3 is 3. The summed E-state index contributed by atoms with van der Waals surface area (Å²) in [6, 6.07) is 21.0. The number of carbonyl (C=O) groups is 1. The second kappa shape index (κ2) is 15.7. The normalized spacial score (nSPS) is 20.0. The second-order valence-corrected chi connectivity index (χ2v) is 11.8. The molecule has 0 aliphatic carbocycles. The number of rotatable bonds is 12. The van der Waals surface area contributed by atoms with Gasteiger partial charge in [-0.05, 0) is 59.7 Å². The number of halogens is 3. The maximum absolute atomic E-state index is 13.3. The first-order chi connectivity index (χ1) is 21.1. The number of alkyl halides is 3. The van der Waals surface area contributed by atoms with Gasteiger partial charge < -0.3 is 37.9 Å². The number of nitrogens with one attached hydrogen (secondary N) is 1. The SMILES string of the molecule is COc1ccc(CO[C@@H]2[C@@H](OC(=O)c3ccc(OC)cc3)[C@H](OC(=N)C(Cl)(Cl)Cl)OC[C@H]2OCc2ccc(OC)cc2)cc1. The number of hydrogen-bond donors (Lipinski definition) is 1. The quantitative estimate of drug-likeness (QED) is 0.105. The van der Waals surface area contributed by atoms with Gasteiger partial charge in [-0.3, -0.25) is 5.41 Å². The van der Waals surface area contributed by atoms with Gasteiger partial charge in [-0.1, -0.05) is 59.1 Å². The third-order valence-electron chi connectivity index (χ3n) is 6.67. The van der Waals surface area contributed by atoms with Crippen LogP contribution in [0.1, 0.15) is 21.5 Å². The molecule has 0 aromatic heterocycles. The maximum atomic E-state index is 13.3. The monoisotopic (exact) mass is 667 g/mol. The number of carbonyl (C=O) groups excluding carboxylic acids is 1. The Morgan fingerprint density at radius 3 is 1.70 bits per heavy atom. The molecule has 0 amide bonds. The van der Waals surface area contributed by atoms with Gasteiger partial charge in [0.05, 0.1) is 46.7 Å². The van der Waals surface area contributed by atoms with Crippen molar-refractivity contribution in [1.82, 2.24) is 0 Å². The minimum Gasteiger partial charge on any atom is -0.497 e. The molecule has 0 bridgehead atoms. The molecule has 0 unspecified atom stereocenters. The van der Waals surface area contributed by atoms with E-state index in [4.69, 9.17) is 78.1 Å². The van der Waals surface area contributed by atoms with E-state index < -0.39 is 40.3 Å². The van der Waals surface area contributed by atoms with Gasteiger partial charge >= 0.3 is 5.97 Å². The lowest BCUT2D eigenvalue weighted by molar-refractivity contribution is -0.268. The fourth-order valence-corrected chi connectivity index (χ4v) is 4.39. The zero-order valence-corrected chi connectivity index (χ0v) is 26.4. The van der Waals surface area contributed by atoms with Gasteiger partial charge in [-0.25, -0.2) is 4.79 Å². The van der Waals surface area contributed by atoms with Crippen molar-refractivity contribution >= 4 is 46.7 Å². The molecule has 1 N–H and O–H groups in total. The Morgan fingerprint density at radius 2 is 1.23 bits per heavy atom. The molecule has 44 heavy (non-hydrogen) atoms. The maximum Gasteiger partial charge on any atom is 0.338 e. The molecule has 1 heterocycles. The molecule has 236 valence electrons. The van der Waals surface area contributed by atoms with Crippen molar-refractivity contribution in [1.29, 1.82) is 5.41 Å². The van der Waals surface area contributed by atoms with Crippen LogP contribution in [0.25, 0.3) is 0 Å². The van der Waals surface area contributed by atoms with Gasteiger partial charge in [-0.2, -0.15) is 0 Å². The topological polar surface area (TPSA) is 115 Å². The molecular formula is C31H32Cl3NO9. The van der Waals surface area contributed by atoms with Gasteiger partial charge in [0.25, 0.3) is 3.79 Å². The highest BCUT2D eigenvalue weighted by molar-refractivity contribution is 6.76. The lowest BCUT2D eigenvalue weighted by Crippen LogP contribution is -2.58. The molecule has 10 nitrogen and oxygen atoms in total. The second-order valence-electron chi connectivity index (χ2n) is 9.57. The van der Waals surface area contributed by atoms with Crippen LogP contribution in [0, 0.1) is 5.41 Å². The zero-order valence-electron chi connectivity index (χ0n) is 24.2. The Kier molecular flexibility index (Phi) is 12.0. The van der Waals surface area contributed by atoms with Crippen molar-refractivity contribution < 1.29 is 42.7 Å². The van der Waals surface area contributed by atoms with Crippen LogP contribution < -0.4 is 14.2 Å². The summed E-state index contributed by atoms with van der Waals surface area (Å²) in [7, 11) is 4.68. The lowest BCUT2D eigenvalue weighted by Gasteiger charge is -2.41. The molecule has 3 aromatic rings. The van der Waals surface area contributed by atoms with Gasteiger partial charge in [-0.15, -0.1) is 0 Å². The van der Waals surface area contributed by atoms with Crippen LogP contribution in [0.5, 0.6) is 17.2 Å². The van der Waals surface area contributed by atoms with E-state index in [9.17, 15) is 4.79 Å². The predicted molar refractivity (Wildman–Crippen MR) is 164 cm³/mol. The summed E-state index contributed by atoms with van der Waals surface area (Å²) in [6.07, 6.45) is -4.27. The molecule has 1 saturated heterocycles. The predicted octanol–water partition coefficient (Wildman–Crippen LogP) is 6.13. The van der Waals surface area contributed by atoms with Crippen LogP contribution in [0.4, 0.5) is 0 Å². The van der Waals surface area contributed by atoms with E-state index in [1.165, 1.54) is 7.11 Å². The van der Waals surface area contributed by atoms with Crippen molar-refractivity contribution in [2.24, 2.45) is 0 Å². The average molecular weight is 669 g/mol. The van der Waals surface area contributed by atoms with Crippen molar-refractivity contribution in [3.8, 4) is 17.2 Å². The van der Waals surface area contributed by atoms with Crippen molar-refractivity contribution in [3.05, 3.63) is 89.5 Å². The highest BCUT2D eigenvalue weighted by Gasteiger charge is 2.48. The van der Waals surface area contributed by atoms with E-state index >= 15 is 0 Å². The summed E-state index contributed by atoms with van der Waals surface area (Å²) in [5, 5.41) is 8.13. The van der Waals surface area contributed by atoms with E-state index in [2.05, 4.69) is 0 Å². The molecule has 0 spiro atoms. The third kappa shape index (κ3) is 9.13. The summed E-state index contributed by atoms with van der Waals surface area (Å²) < 4.78 is 43.5. The fraction of sp³-hybridized carbons (Fsp3) is 0.355. The van der Waals surface area contributed by atoms with Gasteiger partial charge in [0.1, 0.15) is 29.5 Å². The smallest absolute Gasteiger partial charge is 0.338 e. The number of benzene rings is 3. The summed E-state index contributed by atoms with van der Waals surface area (Å²) in [5.41, 5.74) is 1.91. The summed E-state index contributed by atoms with van der Waals surface area (Å²) in [6.45, 7) is 0.259. The Hall–Kier alpha value is -3.25. The van der Waals surface area contributed by atoms with E-state index in [1.54, 1.807) is 50.6 Å². The first-order valence-electron chi connectivity index (χ1n) is 13.4. The largest absolute Gasteiger partial charge is 0.497 e. The molecule has 1 aliphatic rings. The Bertz CT molecular complexity index is 1370. The summed E-state index contributed by atoms with van der Waals surface area (Å²) >= 11 is 17.6. The van der Waals surface area contributed by atoms with Crippen molar-refractivity contribution in [2.75, 3.05) is 27.9 Å². The Morgan fingerprint density at radius 1 is 0.750 bits per heavy atom. The summed E-state index contributed by atoms with van der Waals surface area (Å²) in [5.74, 6) is 0.532. The highest BCUT2D eigenvalue weighted by Crippen LogP contribution is 2.32. The van der Waals surface area contributed by atoms with Gasteiger partial charge in [0.15, 0.2) is 6.10 Å². The van der Waals surface area contributed by atoms with Gasteiger partial charge in [0, 0.05) is 0 Å². The minimum absolute atomic E-state index is 0.0438. The van der Waals surface area contributed by atoms with Crippen LogP contribution in [-0.2, 0) is 36.9 Å². The first-order valence-corrected chi connectivity index (χ1v) is 14.5. The molecule has 13 heteroatoms. The zero-order chi connectivity index (χ0) is 31.7. The van der Waals surface area contributed by atoms with Crippen LogP contribution in [0.3, 0.4) is 0 Å². The van der Waals surface area contributed by atoms with Crippen LogP contribution in [0.2, 0.25) is 0 Å². The molecule has 4 atom stereocenters. The molecular weight excluding hydrogens is 637 g/mol. The Labute approximate surface area is 270 Å². The lowest BCUT2D eigenvalue weighted by atomic mass is 10.0. The number of esters is 1. The van der Waals surface area contributed by atoms with E-state index in [0.29, 0.717) is 17.2 Å². The van der Waals surface area contributed by atoms with Crippen molar-refractivity contribution in [3.63, 3.8) is 0 Å². The molecule has 0 saturated carbocycles. The van der Waals surface area contributed by atoms with Crippen molar-refractivity contribution in [2.45, 2.75) is 41.6 Å². The van der Waals surface area contributed by atoms with Crippen LogP contribution in [-0.4, -0.2) is 68.2 Å². The average Bonchev–Trinajstić information content (AvgIpc) is 3.04. The van der Waals surface area contributed by atoms with Crippen LogP contribution >= 0.6 is 34.8 Å². The third-order valence-corrected chi connectivity index (χ3v) is 7.18. The van der Waals surface area contributed by atoms with E-state index in [0.717, 1.165) is 11.1 Å². The number of ether oxygens (including phenoxy) is 8. The molecule has 3 aromatic carbocycles. The molecule has 0 radical (unpaired) electrons.